The summed E-state index contributed by atoms with van der Waals surface area (Å²) in [6.07, 6.45) is 1.77. The van der Waals surface area contributed by atoms with Crippen LogP contribution in [0.3, 0.4) is 0 Å². The molecule has 0 saturated heterocycles. The fraction of sp³-hybridized carbons (Fsp3) is 0.214. The Bertz CT molecular complexity index is 558. The molecule has 5 heteroatoms. The first-order valence-corrected chi connectivity index (χ1v) is 7.43. The van der Waals surface area contributed by atoms with Crippen LogP contribution >= 0.6 is 31.9 Å². The van der Waals surface area contributed by atoms with Crippen molar-refractivity contribution in [1.82, 2.24) is 10.3 Å². The summed E-state index contributed by atoms with van der Waals surface area (Å²) in [7, 11) is 0. The minimum absolute atomic E-state index is 0.137. The molecule has 0 aliphatic heterocycles. The molecule has 2 aromatic rings. The highest BCUT2D eigenvalue weighted by atomic mass is 79.9. The maximum Gasteiger partial charge on any atom is 0.123 e. The molecule has 2 rings (SSSR count). The van der Waals surface area contributed by atoms with Gasteiger partial charge in [0.1, 0.15) is 5.82 Å². The van der Waals surface area contributed by atoms with E-state index >= 15 is 0 Å². The molecule has 0 bridgehead atoms. The van der Waals surface area contributed by atoms with E-state index < -0.39 is 0 Å². The van der Waals surface area contributed by atoms with Gasteiger partial charge in [-0.25, -0.2) is 4.39 Å². The second kappa shape index (κ2) is 6.59. The number of hydrogen-bond acceptors (Lipinski definition) is 2. The molecule has 1 N–H and O–H groups in total. The van der Waals surface area contributed by atoms with Crippen molar-refractivity contribution in [2.75, 3.05) is 0 Å². The smallest absolute Gasteiger partial charge is 0.123 e. The Morgan fingerprint density at radius 3 is 2.58 bits per heavy atom. The zero-order chi connectivity index (χ0) is 13.8. The van der Waals surface area contributed by atoms with Crippen LogP contribution in [0, 0.1) is 5.82 Å². The zero-order valence-electron chi connectivity index (χ0n) is 10.3. The van der Waals surface area contributed by atoms with Crippen LogP contribution in [0.15, 0.2) is 45.5 Å². The minimum Gasteiger partial charge on any atom is -0.305 e. The van der Waals surface area contributed by atoms with Gasteiger partial charge in [-0.3, -0.25) is 4.98 Å². The van der Waals surface area contributed by atoms with Crippen LogP contribution in [-0.4, -0.2) is 4.98 Å². The number of halogens is 3. The predicted molar refractivity (Wildman–Crippen MR) is 81.3 cm³/mol. The average molecular weight is 388 g/mol. The summed E-state index contributed by atoms with van der Waals surface area (Å²) in [5.74, 6) is -0.215. The first-order valence-electron chi connectivity index (χ1n) is 5.85. The molecule has 0 spiro atoms. The Kier molecular flexibility index (Phi) is 5.07. The van der Waals surface area contributed by atoms with E-state index in [2.05, 4.69) is 42.2 Å². The van der Waals surface area contributed by atoms with Gasteiger partial charge in [0.25, 0.3) is 0 Å². The van der Waals surface area contributed by atoms with Crippen molar-refractivity contribution in [1.29, 1.82) is 0 Å². The maximum absolute atomic E-state index is 12.9. The van der Waals surface area contributed by atoms with Gasteiger partial charge >= 0.3 is 0 Å². The Morgan fingerprint density at radius 1 is 1.26 bits per heavy atom. The quantitative estimate of drug-likeness (QED) is 0.829. The van der Waals surface area contributed by atoms with E-state index in [1.807, 2.05) is 13.0 Å². The van der Waals surface area contributed by atoms with E-state index in [4.69, 9.17) is 0 Å². The second-order valence-electron chi connectivity index (χ2n) is 4.24. The molecule has 1 aromatic heterocycles. The summed E-state index contributed by atoms with van der Waals surface area (Å²) >= 11 is 6.85. The Balaban J connectivity index is 2.00. The molecule has 0 saturated carbocycles. The standard InChI is InChI=1S/C14H13Br2FN2/c1-9(10-2-4-12(17)5-3-10)18-8-14-13(16)6-11(15)7-19-14/h2-7,9,18H,8H2,1H3. The molecule has 0 fully saturated rings. The number of hydrogen-bond donors (Lipinski definition) is 1. The largest absolute Gasteiger partial charge is 0.305 e. The van der Waals surface area contributed by atoms with Crippen molar-refractivity contribution >= 4 is 31.9 Å². The highest BCUT2D eigenvalue weighted by molar-refractivity contribution is 9.11. The first kappa shape index (κ1) is 14.6. The van der Waals surface area contributed by atoms with Crippen LogP contribution in [-0.2, 0) is 6.54 Å². The van der Waals surface area contributed by atoms with E-state index in [-0.39, 0.29) is 11.9 Å². The van der Waals surface area contributed by atoms with Gasteiger partial charge in [-0.2, -0.15) is 0 Å². The highest BCUT2D eigenvalue weighted by Crippen LogP contribution is 2.20. The Hall–Kier alpha value is -0.780. The van der Waals surface area contributed by atoms with Crippen molar-refractivity contribution in [3.05, 3.63) is 62.5 Å². The number of aromatic nitrogens is 1. The van der Waals surface area contributed by atoms with Crippen LogP contribution in [0.5, 0.6) is 0 Å². The topological polar surface area (TPSA) is 24.9 Å². The third kappa shape index (κ3) is 4.09. The fourth-order valence-corrected chi connectivity index (χ4v) is 2.82. The van der Waals surface area contributed by atoms with Crippen LogP contribution in [0.4, 0.5) is 4.39 Å². The molecule has 1 atom stereocenters. The van der Waals surface area contributed by atoms with Crippen LogP contribution < -0.4 is 5.32 Å². The van der Waals surface area contributed by atoms with Gasteiger partial charge in [0.15, 0.2) is 0 Å². The van der Waals surface area contributed by atoms with Crippen molar-refractivity contribution in [3.8, 4) is 0 Å². The molecule has 0 aliphatic rings. The summed E-state index contributed by atoms with van der Waals surface area (Å²) in [6, 6.07) is 8.63. The number of nitrogens with zero attached hydrogens (tertiary/aromatic N) is 1. The van der Waals surface area contributed by atoms with E-state index in [0.29, 0.717) is 6.54 Å². The van der Waals surface area contributed by atoms with Crippen molar-refractivity contribution in [2.24, 2.45) is 0 Å². The van der Waals surface area contributed by atoms with Gasteiger partial charge in [0.05, 0.1) is 5.69 Å². The summed E-state index contributed by atoms with van der Waals surface area (Å²) in [4.78, 5) is 4.34. The molecular weight excluding hydrogens is 375 g/mol. The lowest BCUT2D eigenvalue weighted by Crippen LogP contribution is -2.19. The fourth-order valence-electron chi connectivity index (χ4n) is 1.69. The summed E-state index contributed by atoms with van der Waals surface area (Å²) in [5, 5.41) is 3.36. The zero-order valence-corrected chi connectivity index (χ0v) is 13.5. The third-order valence-electron chi connectivity index (χ3n) is 2.83. The second-order valence-corrected chi connectivity index (χ2v) is 6.01. The summed E-state index contributed by atoms with van der Waals surface area (Å²) in [6.45, 7) is 2.69. The molecule has 0 amide bonds. The third-order valence-corrected chi connectivity index (χ3v) is 3.95. The number of benzene rings is 1. The molecular formula is C14H13Br2FN2. The van der Waals surface area contributed by atoms with Gasteiger partial charge in [-0.1, -0.05) is 12.1 Å². The normalized spacial score (nSPS) is 12.4. The molecule has 19 heavy (non-hydrogen) atoms. The van der Waals surface area contributed by atoms with Crippen LogP contribution in [0.2, 0.25) is 0 Å². The van der Waals surface area contributed by atoms with Gasteiger partial charge in [0.2, 0.25) is 0 Å². The lowest BCUT2D eigenvalue weighted by molar-refractivity contribution is 0.563. The molecule has 1 heterocycles. The SMILES string of the molecule is CC(NCc1ncc(Br)cc1Br)c1ccc(F)cc1. The van der Waals surface area contributed by atoms with Gasteiger partial charge < -0.3 is 5.32 Å². The van der Waals surface area contributed by atoms with Crippen LogP contribution in [0.25, 0.3) is 0 Å². The van der Waals surface area contributed by atoms with Gasteiger partial charge in [-0.05, 0) is 62.5 Å². The van der Waals surface area contributed by atoms with Gasteiger partial charge in [0, 0.05) is 27.7 Å². The molecule has 1 unspecified atom stereocenters. The highest BCUT2D eigenvalue weighted by Gasteiger charge is 2.07. The Morgan fingerprint density at radius 2 is 1.95 bits per heavy atom. The van der Waals surface area contributed by atoms with Crippen LogP contribution in [0.1, 0.15) is 24.2 Å². The van der Waals surface area contributed by atoms with E-state index in [1.165, 1.54) is 12.1 Å². The van der Waals surface area contributed by atoms with Crippen molar-refractivity contribution in [2.45, 2.75) is 19.5 Å². The van der Waals surface area contributed by atoms with Crippen molar-refractivity contribution in [3.63, 3.8) is 0 Å². The molecule has 0 aliphatic carbocycles. The first-order chi connectivity index (χ1) is 9.06. The Labute approximate surface area is 128 Å². The lowest BCUT2D eigenvalue weighted by atomic mass is 10.1. The molecule has 2 nitrogen and oxygen atoms in total. The summed E-state index contributed by atoms with van der Waals surface area (Å²) in [5.41, 5.74) is 1.99. The molecule has 100 valence electrons. The summed E-state index contributed by atoms with van der Waals surface area (Å²) < 4.78 is 14.7. The number of pyridine rings is 1. The monoisotopic (exact) mass is 386 g/mol. The van der Waals surface area contributed by atoms with E-state index in [9.17, 15) is 4.39 Å². The van der Waals surface area contributed by atoms with Crippen molar-refractivity contribution < 1.29 is 4.39 Å². The lowest BCUT2D eigenvalue weighted by Gasteiger charge is -2.14. The number of rotatable bonds is 4. The molecule has 1 aromatic carbocycles. The molecule has 0 radical (unpaired) electrons. The minimum atomic E-state index is -0.215. The average Bonchev–Trinajstić information content (AvgIpc) is 2.38. The predicted octanol–water partition coefficient (Wildman–Crippen LogP) is 4.60. The van der Waals surface area contributed by atoms with E-state index in [0.717, 1.165) is 20.2 Å². The van der Waals surface area contributed by atoms with Gasteiger partial charge in [-0.15, -0.1) is 0 Å². The number of nitrogens with one attached hydrogen (secondary N) is 1. The van der Waals surface area contributed by atoms with E-state index in [1.54, 1.807) is 18.3 Å². The maximum atomic E-state index is 12.9.